The predicted octanol–water partition coefficient (Wildman–Crippen LogP) is 6.17. The van der Waals surface area contributed by atoms with Crippen molar-refractivity contribution in [2.24, 2.45) is 0 Å². The molecule has 0 saturated carbocycles. The van der Waals surface area contributed by atoms with Crippen molar-refractivity contribution in [2.45, 2.75) is 33.3 Å². The molecule has 3 aromatic rings. The van der Waals surface area contributed by atoms with E-state index in [0.717, 1.165) is 17.7 Å². The van der Waals surface area contributed by atoms with Crippen molar-refractivity contribution in [2.75, 3.05) is 5.32 Å². The quantitative estimate of drug-likeness (QED) is 0.410. The van der Waals surface area contributed by atoms with Crippen LogP contribution in [0.2, 0.25) is 0 Å². The van der Waals surface area contributed by atoms with Gasteiger partial charge in [0.2, 0.25) is 0 Å². The first kappa shape index (κ1) is 21.4. The smallest absolute Gasteiger partial charge is 0.340 e. The van der Waals surface area contributed by atoms with Gasteiger partial charge >= 0.3 is 5.97 Å². The van der Waals surface area contributed by atoms with Crippen LogP contribution in [0, 0.1) is 24.4 Å². The largest absolute Gasteiger partial charge is 0.456 e. The molecule has 0 amide bonds. The highest BCUT2D eigenvalue weighted by Gasteiger charge is 2.21. The summed E-state index contributed by atoms with van der Waals surface area (Å²) in [6, 6.07) is 9.73. The van der Waals surface area contributed by atoms with E-state index in [1.54, 1.807) is 32.9 Å². The third-order valence-corrected chi connectivity index (χ3v) is 4.14. The number of pyridine rings is 1. The number of nitrogens with zero attached hydrogens (tertiary/aromatic N) is 1. The Morgan fingerprint density at radius 2 is 1.70 bits per heavy atom. The van der Waals surface area contributed by atoms with Crippen LogP contribution < -0.4 is 5.32 Å². The van der Waals surface area contributed by atoms with E-state index in [9.17, 15) is 18.0 Å². The van der Waals surface area contributed by atoms with Crippen molar-refractivity contribution in [3.8, 4) is 11.3 Å². The Morgan fingerprint density at radius 3 is 2.33 bits per heavy atom. The topological polar surface area (TPSA) is 51.2 Å². The first-order chi connectivity index (χ1) is 14.0. The minimum atomic E-state index is -1.30. The Balaban J connectivity index is 1.90. The first-order valence-corrected chi connectivity index (χ1v) is 9.26. The molecule has 0 aliphatic heterocycles. The maximum Gasteiger partial charge on any atom is 0.340 e. The Labute approximate surface area is 172 Å². The molecule has 4 nitrogen and oxygen atoms in total. The lowest BCUT2D eigenvalue weighted by molar-refractivity contribution is 0.00706. The number of esters is 1. The van der Waals surface area contributed by atoms with Crippen LogP contribution in [0.3, 0.4) is 0 Å². The molecule has 0 saturated heterocycles. The van der Waals surface area contributed by atoms with Gasteiger partial charge in [0.25, 0.3) is 0 Å². The molecule has 0 atom stereocenters. The Kier molecular flexibility index (Phi) is 5.82. The van der Waals surface area contributed by atoms with Crippen LogP contribution in [0.4, 0.5) is 24.5 Å². The maximum atomic E-state index is 14.0. The molecule has 1 heterocycles. The molecule has 7 heteroatoms. The van der Waals surface area contributed by atoms with E-state index in [1.165, 1.54) is 18.3 Å². The van der Waals surface area contributed by atoms with Crippen molar-refractivity contribution in [1.82, 2.24) is 4.98 Å². The van der Waals surface area contributed by atoms with Gasteiger partial charge in [0.05, 0.1) is 34.4 Å². The summed E-state index contributed by atoms with van der Waals surface area (Å²) < 4.78 is 46.9. The number of halogens is 3. The minimum absolute atomic E-state index is 0.0497. The highest BCUT2D eigenvalue weighted by Crippen LogP contribution is 2.29. The van der Waals surface area contributed by atoms with Gasteiger partial charge in [-0.15, -0.1) is 0 Å². The van der Waals surface area contributed by atoms with E-state index >= 15 is 0 Å². The average Bonchev–Trinajstić information content (AvgIpc) is 2.66. The van der Waals surface area contributed by atoms with Crippen LogP contribution in [0.5, 0.6) is 0 Å². The lowest BCUT2D eigenvalue weighted by atomic mass is 10.1. The maximum absolute atomic E-state index is 14.0. The molecular formula is C23H21F3N2O2. The first-order valence-electron chi connectivity index (χ1n) is 9.26. The van der Waals surface area contributed by atoms with E-state index < -0.39 is 34.6 Å². The molecule has 0 fully saturated rings. The van der Waals surface area contributed by atoms with Gasteiger partial charge in [-0.25, -0.2) is 18.0 Å². The Bertz CT molecular complexity index is 1090. The normalized spacial score (nSPS) is 11.3. The zero-order valence-electron chi connectivity index (χ0n) is 17.0. The standard InChI is InChI=1S/C23H21F3N2O2/c1-13-5-9-18(15(11-13)22(29)30-23(2,3)4)28-14-6-10-19(27-12-14)20-16(24)7-8-17(25)21(20)26/h5-12,28H,1-4H3. The lowest BCUT2D eigenvalue weighted by Gasteiger charge is -2.21. The number of anilines is 2. The number of rotatable bonds is 4. The van der Waals surface area contributed by atoms with Crippen molar-refractivity contribution >= 4 is 17.3 Å². The number of hydrogen-bond donors (Lipinski definition) is 1. The molecule has 0 spiro atoms. The molecule has 2 aromatic carbocycles. The number of carbonyl (C=O) groups excluding carboxylic acids is 1. The molecule has 0 unspecified atom stereocenters. The van der Waals surface area contributed by atoms with E-state index in [0.29, 0.717) is 16.9 Å². The predicted molar refractivity (Wildman–Crippen MR) is 109 cm³/mol. The fourth-order valence-electron chi connectivity index (χ4n) is 2.80. The van der Waals surface area contributed by atoms with Crippen molar-refractivity contribution in [1.29, 1.82) is 0 Å². The summed E-state index contributed by atoms with van der Waals surface area (Å²) in [5.74, 6) is -3.85. The number of nitrogens with one attached hydrogen (secondary N) is 1. The van der Waals surface area contributed by atoms with Crippen LogP contribution >= 0.6 is 0 Å². The van der Waals surface area contributed by atoms with E-state index in [-0.39, 0.29) is 5.69 Å². The molecule has 1 aromatic heterocycles. The summed E-state index contributed by atoms with van der Waals surface area (Å²) in [5.41, 5.74) is 0.957. The fraction of sp³-hybridized carbons (Fsp3) is 0.217. The van der Waals surface area contributed by atoms with Crippen LogP contribution in [-0.4, -0.2) is 16.6 Å². The van der Waals surface area contributed by atoms with E-state index in [2.05, 4.69) is 10.3 Å². The monoisotopic (exact) mass is 414 g/mol. The van der Waals surface area contributed by atoms with Crippen molar-refractivity contribution in [3.63, 3.8) is 0 Å². The van der Waals surface area contributed by atoms with Gasteiger partial charge in [-0.1, -0.05) is 11.6 Å². The molecule has 0 aliphatic rings. The lowest BCUT2D eigenvalue weighted by Crippen LogP contribution is -2.24. The number of aromatic nitrogens is 1. The summed E-state index contributed by atoms with van der Waals surface area (Å²) in [7, 11) is 0. The Hall–Kier alpha value is -3.35. The second kappa shape index (κ2) is 8.18. The molecule has 3 rings (SSSR count). The summed E-state index contributed by atoms with van der Waals surface area (Å²) in [6.07, 6.45) is 1.35. The number of aryl methyl sites for hydroxylation is 1. The second-order valence-electron chi connectivity index (χ2n) is 7.83. The van der Waals surface area contributed by atoms with Crippen LogP contribution in [0.25, 0.3) is 11.3 Å². The summed E-state index contributed by atoms with van der Waals surface area (Å²) >= 11 is 0. The van der Waals surface area contributed by atoms with Crippen molar-refractivity contribution in [3.05, 3.63) is 77.2 Å². The molecule has 1 N–H and O–H groups in total. The highest BCUT2D eigenvalue weighted by atomic mass is 19.2. The van der Waals surface area contributed by atoms with Gasteiger partial charge in [0.1, 0.15) is 11.4 Å². The summed E-state index contributed by atoms with van der Waals surface area (Å²) in [6.45, 7) is 7.19. The molecule has 0 aliphatic carbocycles. The van der Waals surface area contributed by atoms with Crippen LogP contribution in [-0.2, 0) is 4.74 Å². The summed E-state index contributed by atoms with van der Waals surface area (Å²) in [5, 5.41) is 3.06. The Morgan fingerprint density at radius 1 is 1.00 bits per heavy atom. The summed E-state index contributed by atoms with van der Waals surface area (Å²) in [4.78, 5) is 16.6. The third kappa shape index (κ3) is 4.79. The third-order valence-electron chi connectivity index (χ3n) is 4.14. The van der Waals surface area contributed by atoms with E-state index in [1.807, 2.05) is 13.0 Å². The van der Waals surface area contributed by atoms with E-state index in [4.69, 9.17) is 4.74 Å². The molecule has 0 radical (unpaired) electrons. The minimum Gasteiger partial charge on any atom is -0.456 e. The average molecular weight is 414 g/mol. The zero-order valence-corrected chi connectivity index (χ0v) is 17.0. The highest BCUT2D eigenvalue weighted by molar-refractivity contribution is 5.97. The molecule has 30 heavy (non-hydrogen) atoms. The number of benzene rings is 2. The fourth-order valence-corrected chi connectivity index (χ4v) is 2.80. The molecular weight excluding hydrogens is 393 g/mol. The van der Waals surface area contributed by atoms with Gasteiger partial charge < -0.3 is 10.1 Å². The SMILES string of the molecule is Cc1ccc(Nc2ccc(-c3c(F)ccc(F)c3F)nc2)c(C(=O)OC(C)(C)C)c1. The van der Waals surface area contributed by atoms with Gasteiger partial charge in [0.15, 0.2) is 11.6 Å². The number of ether oxygens (including phenoxy) is 1. The van der Waals surface area contributed by atoms with Gasteiger partial charge in [-0.05, 0) is 64.1 Å². The number of carbonyl (C=O) groups is 1. The van der Waals surface area contributed by atoms with Crippen LogP contribution in [0.1, 0.15) is 36.7 Å². The van der Waals surface area contributed by atoms with Crippen molar-refractivity contribution < 1.29 is 22.7 Å². The van der Waals surface area contributed by atoms with Crippen LogP contribution in [0.15, 0.2) is 48.7 Å². The van der Waals surface area contributed by atoms with Gasteiger partial charge in [0, 0.05) is 0 Å². The zero-order chi connectivity index (χ0) is 22.1. The van der Waals surface area contributed by atoms with Gasteiger partial charge in [-0.2, -0.15) is 0 Å². The number of hydrogen-bond acceptors (Lipinski definition) is 4. The molecule has 156 valence electrons. The second-order valence-corrected chi connectivity index (χ2v) is 7.83. The van der Waals surface area contributed by atoms with Gasteiger partial charge in [-0.3, -0.25) is 4.98 Å². The molecule has 0 bridgehead atoms.